The first kappa shape index (κ1) is 9.89. The van der Waals surface area contributed by atoms with Gasteiger partial charge in [0.1, 0.15) is 4.60 Å². The third-order valence-electron chi connectivity index (χ3n) is 2.29. The molecule has 1 aliphatic rings. The highest BCUT2D eigenvalue weighted by Gasteiger charge is 2.14. The van der Waals surface area contributed by atoms with Crippen LogP contribution in [-0.2, 0) is 7.05 Å². The lowest BCUT2D eigenvalue weighted by atomic mass is 10.1. The molecular weight excluding hydrogens is 244 g/mol. The van der Waals surface area contributed by atoms with Crippen LogP contribution in [-0.4, -0.2) is 28.9 Å². The number of rotatable bonds is 1. The number of aromatic nitrogens is 2. The average Bonchev–Trinajstić information content (AvgIpc) is 2.45. The standard InChI is InChI=1S/C9H13BrN4/c1-14-8(3-9(10)13-14)6-2-7(11)5-12-4-6/h2-3,7,12H,4-5,11H2,1H3. The zero-order valence-corrected chi connectivity index (χ0v) is 9.58. The van der Waals surface area contributed by atoms with Crippen LogP contribution in [0.1, 0.15) is 5.69 Å². The van der Waals surface area contributed by atoms with Crippen molar-refractivity contribution in [2.24, 2.45) is 12.8 Å². The van der Waals surface area contributed by atoms with E-state index in [1.54, 1.807) is 0 Å². The molecule has 0 bridgehead atoms. The van der Waals surface area contributed by atoms with Gasteiger partial charge in [-0.1, -0.05) is 6.08 Å². The summed E-state index contributed by atoms with van der Waals surface area (Å²) < 4.78 is 2.71. The molecule has 14 heavy (non-hydrogen) atoms. The molecule has 0 aliphatic carbocycles. The van der Waals surface area contributed by atoms with Gasteiger partial charge in [0.2, 0.25) is 0 Å². The highest BCUT2D eigenvalue weighted by atomic mass is 79.9. The Morgan fingerprint density at radius 3 is 3.07 bits per heavy atom. The van der Waals surface area contributed by atoms with Crippen LogP contribution in [0.3, 0.4) is 0 Å². The molecule has 3 N–H and O–H groups in total. The molecular formula is C9H13BrN4. The summed E-state index contributed by atoms with van der Waals surface area (Å²) in [7, 11) is 1.93. The number of nitrogens with two attached hydrogens (primary N) is 1. The summed E-state index contributed by atoms with van der Waals surface area (Å²) in [5.74, 6) is 0. The van der Waals surface area contributed by atoms with Gasteiger partial charge in [-0.05, 0) is 27.6 Å². The van der Waals surface area contributed by atoms with Gasteiger partial charge in [0.05, 0.1) is 5.69 Å². The van der Waals surface area contributed by atoms with Gasteiger partial charge in [0.25, 0.3) is 0 Å². The smallest absolute Gasteiger partial charge is 0.128 e. The van der Waals surface area contributed by atoms with E-state index in [9.17, 15) is 0 Å². The molecule has 1 aliphatic heterocycles. The van der Waals surface area contributed by atoms with E-state index in [2.05, 4.69) is 32.4 Å². The van der Waals surface area contributed by atoms with Gasteiger partial charge >= 0.3 is 0 Å². The van der Waals surface area contributed by atoms with Crippen molar-refractivity contribution in [3.63, 3.8) is 0 Å². The summed E-state index contributed by atoms with van der Waals surface area (Å²) in [6.07, 6.45) is 2.10. The molecule has 0 fully saturated rings. The van der Waals surface area contributed by atoms with Crippen molar-refractivity contribution in [2.45, 2.75) is 6.04 Å². The van der Waals surface area contributed by atoms with E-state index < -0.39 is 0 Å². The van der Waals surface area contributed by atoms with Gasteiger partial charge in [0, 0.05) is 26.2 Å². The third kappa shape index (κ3) is 1.89. The first-order valence-electron chi connectivity index (χ1n) is 4.54. The zero-order valence-electron chi connectivity index (χ0n) is 8.00. The van der Waals surface area contributed by atoms with E-state index in [0.29, 0.717) is 0 Å². The second kappa shape index (κ2) is 3.84. The van der Waals surface area contributed by atoms with Crippen LogP contribution in [0.15, 0.2) is 16.7 Å². The second-order valence-corrected chi connectivity index (χ2v) is 4.28. The molecule has 4 nitrogen and oxygen atoms in total. The number of hydrogen-bond acceptors (Lipinski definition) is 3. The fourth-order valence-electron chi connectivity index (χ4n) is 1.66. The minimum Gasteiger partial charge on any atom is -0.323 e. The Morgan fingerprint density at radius 1 is 1.71 bits per heavy atom. The van der Waals surface area contributed by atoms with Crippen molar-refractivity contribution >= 4 is 21.5 Å². The second-order valence-electron chi connectivity index (χ2n) is 3.46. The topological polar surface area (TPSA) is 55.9 Å². The predicted molar refractivity (Wildman–Crippen MR) is 59.7 cm³/mol. The van der Waals surface area contributed by atoms with E-state index in [-0.39, 0.29) is 6.04 Å². The van der Waals surface area contributed by atoms with Crippen molar-refractivity contribution < 1.29 is 0 Å². The van der Waals surface area contributed by atoms with Crippen molar-refractivity contribution in [1.82, 2.24) is 15.1 Å². The van der Waals surface area contributed by atoms with Gasteiger partial charge in [-0.15, -0.1) is 0 Å². The minimum absolute atomic E-state index is 0.104. The predicted octanol–water partition coefficient (Wildman–Crippen LogP) is 0.497. The maximum Gasteiger partial charge on any atom is 0.128 e. The maximum absolute atomic E-state index is 5.84. The zero-order chi connectivity index (χ0) is 10.1. The van der Waals surface area contributed by atoms with Crippen LogP contribution in [0.4, 0.5) is 0 Å². The molecule has 2 rings (SSSR count). The Balaban J connectivity index is 2.34. The van der Waals surface area contributed by atoms with Crippen LogP contribution in [0.2, 0.25) is 0 Å². The van der Waals surface area contributed by atoms with Crippen molar-refractivity contribution in [1.29, 1.82) is 0 Å². The molecule has 0 saturated carbocycles. The van der Waals surface area contributed by atoms with Crippen molar-refractivity contribution in [2.75, 3.05) is 13.1 Å². The molecule has 1 atom stereocenters. The first-order chi connectivity index (χ1) is 6.66. The summed E-state index contributed by atoms with van der Waals surface area (Å²) in [5.41, 5.74) is 8.16. The quantitative estimate of drug-likeness (QED) is 0.770. The van der Waals surface area contributed by atoms with Gasteiger partial charge in [-0.25, -0.2) is 0 Å². The Kier molecular flexibility index (Phi) is 2.71. The van der Waals surface area contributed by atoms with Crippen LogP contribution >= 0.6 is 15.9 Å². The SMILES string of the molecule is Cn1nc(Br)cc1C1=CC(N)CNC1. The van der Waals surface area contributed by atoms with Crippen molar-refractivity contribution in [3.05, 3.63) is 22.4 Å². The fourth-order valence-corrected chi connectivity index (χ4v) is 2.11. The summed E-state index contributed by atoms with van der Waals surface area (Å²) in [4.78, 5) is 0. The van der Waals surface area contributed by atoms with Crippen molar-refractivity contribution in [3.8, 4) is 0 Å². The average molecular weight is 257 g/mol. The molecule has 1 unspecified atom stereocenters. The molecule has 1 aromatic rings. The fraction of sp³-hybridized carbons (Fsp3) is 0.444. The highest BCUT2D eigenvalue weighted by molar-refractivity contribution is 9.10. The summed E-state index contributed by atoms with van der Waals surface area (Å²) in [6.45, 7) is 1.71. The van der Waals surface area contributed by atoms with Gasteiger partial charge in [0.15, 0.2) is 0 Å². The van der Waals surface area contributed by atoms with Crippen LogP contribution in [0, 0.1) is 0 Å². The lowest BCUT2D eigenvalue weighted by Crippen LogP contribution is -2.37. The van der Waals surface area contributed by atoms with Gasteiger partial charge in [-0.3, -0.25) is 4.68 Å². The maximum atomic E-state index is 5.84. The summed E-state index contributed by atoms with van der Waals surface area (Å²) in [5, 5.41) is 7.51. The first-order valence-corrected chi connectivity index (χ1v) is 5.33. The summed E-state index contributed by atoms with van der Waals surface area (Å²) >= 11 is 3.35. The lowest BCUT2D eigenvalue weighted by molar-refractivity contribution is 0.654. The number of nitrogens with zero attached hydrogens (tertiary/aromatic N) is 2. The lowest BCUT2D eigenvalue weighted by Gasteiger charge is -2.19. The Morgan fingerprint density at radius 2 is 2.50 bits per heavy atom. The summed E-state index contributed by atoms with van der Waals surface area (Å²) in [6, 6.07) is 2.11. The molecule has 76 valence electrons. The van der Waals surface area contributed by atoms with Gasteiger partial charge in [-0.2, -0.15) is 5.10 Å². The molecule has 0 amide bonds. The number of hydrogen-bond donors (Lipinski definition) is 2. The van der Waals surface area contributed by atoms with E-state index in [4.69, 9.17) is 5.73 Å². The van der Waals surface area contributed by atoms with E-state index in [1.165, 1.54) is 5.57 Å². The normalized spacial score (nSPS) is 22.2. The molecule has 1 aromatic heterocycles. The Bertz CT molecular complexity index is 369. The largest absolute Gasteiger partial charge is 0.323 e. The molecule has 0 aromatic carbocycles. The number of halogens is 1. The molecule has 0 saturated heterocycles. The number of aryl methyl sites for hydroxylation is 1. The van der Waals surface area contributed by atoms with E-state index >= 15 is 0 Å². The van der Waals surface area contributed by atoms with Crippen LogP contribution in [0.5, 0.6) is 0 Å². The highest BCUT2D eigenvalue weighted by Crippen LogP contribution is 2.19. The molecule has 5 heteroatoms. The number of nitrogens with one attached hydrogen (secondary N) is 1. The monoisotopic (exact) mass is 256 g/mol. The molecule has 0 spiro atoms. The van der Waals surface area contributed by atoms with Gasteiger partial charge < -0.3 is 11.1 Å². The van der Waals surface area contributed by atoms with E-state index in [1.807, 2.05) is 17.8 Å². The minimum atomic E-state index is 0.104. The van der Waals surface area contributed by atoms with Crippen LogP contribution < -0.4 is 11.1 Å². The molecule has 2 heterocycles. The third-order valence-corrected chi connectivity index (χ3v) is 2.68. The Hall–Kier alpha value is -0.650. The van der Waals surface area contributed by atoms with E-state index in [0.717, 1.165) is 23.4 Å². The molecule has 0 radical (unpaired) electrons. The Labute approximate surface area is 91.3 Å². The van der Waals surface area contributed by atoms with Crippen LogP contribution in [0.25, 0.3) is 5.57 Å².